The smallest absolute Gasteiger partial charge is 0.302 e. The van der Waals surface area contributed by atoms with Crippen molar-refractivity contribution in [2.45, 2.75) is 52.9 Å². The lowest BCUT2D eigenvalue weighted by molar-refractivity contribution is -0.153. The number of esters is 1. The predicted octanol–water partition coefficient (Wildman–Crippen LogP) is 3.18. The minimum absolute atomic E-state index is 0.121. The Balaban J connectivity index is 2.45. The minimum atomic E-state index is -0.501. The zero-order chi connectivity index (χ0) is 16.5. The van der Waals surface area contributed by atoms with Crippen molar-refractivity contribution in [3.63, 3.8) is 0 Å². The van der Waals surface area contributed by atoms with Gasteiger partial charge in [0.05, 0.1) is 19.3 Å². The monoisotopic (exact) mass is 308 g/mol. The van der Waals surface area contributed by atoms with E-state index in [0.29, 0.717) is 19.6 Å². The van der Waals surface area contributed by atoms with E-state index < -0.39 is 6.10 Å². The van der Waals surface area contributed by atoms with Crippen LogP contribution in [0.15, 0.2) is 30.3 Å². The van der Waals surface area contributed by atoms with Gasteiger partial charge in [0.25, 0.3) is 0 Å². The molecule has 4 heteroatoms. The van der Waals surface area contributed by atoms with Crippen molar-refractivity contribution < 1.29 is 19.4 Å². The molecule has 0 saturated carbocycles. The zero-order valence-electron chi connectivity index (χ0n) is 14.0. The average molecular weight is 308 g/mol. The van der Waals surface area contributed by atoms with Crippen molar-refractivity contribution >= 4 is 5.97 Å². The van der Waals surface area contributed by atoms with Crippen LogP contribution in [0.1, 0.15) is 39.7 Å². The molecule has 0 heterocycles. The van der Waals surface area contributed by atoms with E-state index in [0.717, 1.165) is 5.56 Å². The van der Waals surface area contributed by atoms with Gasteiger partial charge in [0.1, 0.15) is 6.10 Å². The van der Waals surface area contributed by atoms with Crippen molar-refractivity contribution in [3.8, 4) is 0 Å². The van der Waals surface area contributed by atoms with E-state index in [2.05, 4.69) is 0 Å². The number of benzene rings is 1. The third kappa shape index (κ3) is 6.58. The molecule has 0 bridgehead atoms. The highest BCUT2D eigenvalue weighted by atomic mass is 16.5. The fraction of sp³-hybridized carbons (Fsp3) is 0.611. The maximum atomic E-state index is 11.3. The number of aliphatic hydroxyl groups is 1. The third-order valence-corrected chi connectivity index (χ3v) is 3.78. The first-order valence-electron chi connectivity index (χ1n) is 7.88. The summed E-state index contributed by atoms with van der Waals surface area (Å²) in [4.78, 5) is 11.3. The number of rotatable bonds is 9. The van der Waals surface area contributed by atoms with Crippen molar-refractivity contribution in [3.05, 3.63) is 35.9 Å². The molecule has 0 aliphatic heterocycles. The number of hydrogen-bond acceptors (Lipinski definition) is 4. The van der Waals surface area contributed by atoms with Crippen LogP contribution >= 0.6 is 0 Å². The van der Waals surface area contributed by atoms with Crippen LogP contribution in [0, 0.1) is 11.8 Å². The Bertz CT molecular complexity index is 430. The van der Waals surface area contributed by atoms with Gasteiger partial charge in [0.2, 0.25) is 0 Å². The van der Waals surface area contributed by atoms with Gasteiger partial charge < -0.3 is 14.6 Å². The summed E-state index contributed by atoms with van der Waals surface area (Å²) in [6.07, 6.45) is -0.249. The molecule has 0 unspecified atom stereocenters. The number of carbonyl (C=O) groups is 1. The Labute approximate surface area is 133 Å². The minimum Gasteiger partial charge on any atom is -0.462 e. The molecule has 1 aromatic rings. The van der Waals surface area contributed by atoms with Crippen LogP contribution in [0.2, 0.25) is 0 Å². The second-order valence-corrected chi connectivity index (χ2v) is 6.07. The van der Waals surface area contributed by atoms with E-state index in [1.54, 1.807) is 0 Å². The Kier molecular flexibility index (Phi) is 8.13. The molecule has 0 spiro atoms. The molecule has 4 nitrogen and oxygen atoms in total. The lowest BCUT2D eigenvalue weighted by Gasteiger charge is -2.29. The number of hydrogen-bond donors (Lipinski definition) is 1. The molecular weight excluding hydrogens is 280 g/mol. The topological polar surface area (TPSA) is 55.8 Å². The Morgan fingerprint density at radius 1 is 1.18 bits per heavy atom. The van der Waals surface area contributed by atoms with Gasteiger partial charge in [-0.2, -0.15) is 0 Å². The number of ether oxygens (including phenoxy) is 2. The second-order valence-electron chi connectivity index (χ2n) is 6.07. The van der Waals surface area contributed by atoms with Crippen LogP contribution in [0.3, 0.4) is 0 Å². The van der Waals surface area contributed by atoms with Gasteiger partial charge >= 0.3 is 5.97 Å². The first-order valence-corrected chi connectivity index (χ1v) is 7.88. The highest BCUT2D eigenvalue weighted by molar-refractivity contribution is 5.66. The molecule has 1 N–H and O–H groups in total. The quantitative estimate of drug-likeness (QED) is 0.562. The zero-order valence-corrected chi connectivity index (χ0v) is 14.0. The maximum Gasteiger partial charge on any atom is 0.302 e. The Morgan fingerprint density at radius 3 is 2.36 bits per heavy atom. The van der Waals surface area contributed by atoms with Crippen LogP contribution in [-0.4, -0.2) is 29.9 Å². The van der Waals surface area contributed by atoms with Crippen molar-refractivity contribution in [1.82, 2.24) is 0 Å². The fourth-order valence-electron chi connectivity index (χ4n) is 2.43. The van der Waals surface area contributed by atoms with Crippen LogP contribution in [-0.2, 0) is 20.9 Å². The average Bonchev–Trinajstić information content (AvgIpc) is 2.49. The molecule has 0 amide bonds. The van der Waals surface area contributed by atoms with Crippen molar-refractivity contribution in [2.75, 3.05) is 6.61 Å². The number of carbonyl (C=O) groups excluding carboxylic acids is 1. The fourth-order valence-corrected chi connectivity index (χ4v) is 2.43. The first-order chi connectivity index (χ1) is 10.4. The van der Waals surface area contributed by atoms with E-state index >= 15 is 0 Å². The van der Waals surface area contributed by atoms with Gasteiger partial charge in [-0.05, 0) is 11.5 Å². The molecule has 1 aromatic carbocycles. The summed E-state index contributed by atoms with van der Waals surface area (Å²) in [5, 5.41) is 10.2. The van der Waals surface area contributed by atoms with Crippen LogP contribution in [0.5, 0.6) is 0 Å². The molecular formula is C18H28O4. The Morgan fingerprint density at radius 2 is 1.82 bits per heavy atom. The third-order valence-electron chi connectivity index (χ3n) is 3.78. The van der Waals surface area contributed by atoms with Gasteiger partial charge in [-0.1, -0.05) is 51.1 Å². The molecule has 0 radical (unpaired) electrons. The largest absolute Gasteiger partial charge is 0.462 e. The molecule has 0 aliphatic carbocycles. The summed E-state index contributed by atoms with van der Waals surface area (Å²) in [7, 11) is 0. The summed E-state index contributed by atoms with van der Waals surface area (Å²) >= 11 is 0. The van der Waals surface area contributed by atoms with Gasteiger partial charge in [0, 0.05) is 19.3 Å². The van der Waals surface area contributed by atoms with Crippen LogP contribution < -0.4 is 0 Å². The highest BCUT2D eigenvalue weighted by Crippen LogP contribution is 2.21. The predicted molar refractivity (Wildman–Crippen MR) is 86.3 cm³/mol. The summed E-state index contributed by atoms with van der Waals surface area (Å²) in [5.41, 5.74) is 1.11. The molecule has 22 heavy (non-hydrogen) atoms. The first kappa shape index (κ1) is 18.7. The van der Waals surface area contributed by atoms with E-state index in [1.165, 1.54) is 6.92 Å². The van der Waals surface area contributed by atoms with E-state index in [1.807, 2.05) is 51.1 Å². The lowest BCUT2D eigenvalue weighted by atomic mass is 9.89. The summed E-state index contributed by atoms with van der Waals surface area (Å²) in [5.74, 6) is -0.321. The molecule has 0 saturated heterocycles. The standard InChI is InChI=1S/C18H28O4/c1-13(2)18(20)14(3)17(22-15(4)19)10-11-21-12-16-8-6-5-7-9-16/h5-9,13-14,17-18,20H,10-12H2,1-4H3/t14-,17+,18+/m0/s1. The van der Waals surface area contributed by atoms with Crippen molar-refractivity contribution in [2.24, 2.45) is 11.8 Å². The van der Waals surface area contributed by atoms with Gasteiger partial charge in [-0.25, -0.2) is 0 Å². The molecule has 1 rings (SSSR count). The second kappa shape index (κ2) is 9.59. The summed E-state index contributed by atoms with van der Waals surface area (Å²) in [6.45, 7) is 8.24. The van der Waals surface area contributed by atoms with E-state index in [-0.39, 0.29) is 23.9 Å². The SMILES string of the molecule is CC(=O)O[C@H](CCOCc1ccccc1)[C@H](C)[C@H](O)C(C)C. The van der Waals surface area contributed by atoms with E-state index in [4.69, 9.17) is 9.47 Å². The van der Waals surface area contributed by atoms with Crippen molar-refractivity contribution in [1.29, 1.82) is 0 Å². The van der Waals surface area contributed by atoms with Crippen LogP contribution in [0.4, 0.5) is 0 Å². The molecule has 0 aliphatic rings. The van der Waals surface area contributed by atoms with Gasteiger partial charge in [-0.15, -0.1) is 0 Å². The lowest BCUT2D eigenvalue weighted by Crippen LogP contribution is -2.36. The summed E-state index contributed by atoms with van der Waals surface area (Å²) in [6, 6.07) is 9.93. The molecule has 124 valence electrons. The van der Waals surface area contributed by atoms with Gasteiger partial charge in [0.15, 0.2) is 0 Å². The molecule has 0 fully saturated rings. The van der Waals surface area contributed by atoms with Crippen LogP contribution in [0.25, 0.3) is 0 Å². The maximum absolute atomic E-state index is 11.3. The normalized spacial score (nSPS) is 15.4. The number of aliphatic hydroxyl groups excluding tert-OH is 1. The van der Waals surface area contributed by atoms with E-state index in [9.17, 15) is 9.90 Å². The molecule has 0 aromatic heterocycles. The Hall–Kier alpha value is -1.39. The van der Waals surface area contributed by atoms with Gasteiger partial charge in [-0.3, -0.25) is 4.79 Å². The highest BCUT2D eigenvalue weighted by Gasteiger charge is 2.28. The summed E-state index contributed by atoms with van der Waals surface area (Å²) < 4.78 is 11.0. The molecule has 3 atom stereocenters.